The topological polar surface area (TPSA) is 47.0 Å². The predicted octanol–water partition coefficient (Wildman–Crippen LogP) is 4.06. The van der Waals surface area contributed by atoms with Gasteiger partial charge in [-0.2, -0.15) is 4.98 Å². The molecule has 0 aliphatic carbocycles. The van der Waals surface area contributed by atoms with Gasteiger partial charge in [0.1, 0.15) is 0 Å². The Morgan fingerprint density at radius 3 is 2.67 bits per heavy atom. The molecule has 0 amide bonds. The average Bonchev–Trinajstić information content (AvgIpc) is 2.36. The molecule has 0 atom stereocenters. The smallest absolute Gasteiger partial charge is 0.232 e. The first kappa shape index (κ1) is 13.3. The van der Waals surface area contributed by atoms with E-state index in [4.69, 9.17) is 4.74 Å². The minimum Gasteiger partial charge on any atom is -0.480 e. The van der Waals surface area contributed by atoms with Crippen LogP contribution in [0.1, 0.15) is 5.56 Å². The summed E-state index contributed by atoms with van der Waals surface area (Å²) in [5.41, 5.74) is 2.09. The van der Waals surface area contributed by atoms with Gasteiger partial charge in [-0.1, -0.05) is 22.0 Å². The average molecular weight is 373 g/mol. The van der Waals surface area contributed by atoms with Crippen LogP contribution < -0.4 is 10.1 Å². The number of halogens is 2. The van der Waals surface area contributed by atoms with Gasteiger partial charge in [0.2, 0.25) is 11.8 Å². The largest absolute Gasteiger partial charge is 0.480 e. The molecule has 2 rings (SSSR count). The van der Waals surface area contributed by atoms with Gasteiger partial charge in [-0.25, -0.2) is 4.98 Å². The molecule has 0 bridgehead atoms. The minimum absolute atomic E-state index is 0.491. The predicted molar refractivity (Wildman–Crippen MR) is 78.4 cm³/mol. The Balaban J connectivity index is 2.25. The Hall–Kier alpha value is -1.14. The molecular weight excluding hydrogens is 362 g/mol. The van der Waals surface area contributed by atoms with Crippen molar-refractivity contribution in [1.29, 1.82) is 0 Å². The SMILES string of the molecule is COc1nc(Nc2ccc(C)c(Br)c2)ncc1Br. The van der Waals surface area contributed by atoms with E-state index in [0.717, 1.165) is 14.6 Å². The zero-order valence-electron chi connectivity index (χ0n) is 9.87. The minimum atomic E-state index is 0.491. The summed E-state index contributed by atoms with van der Waals surface area (Å²) in [6.07, 6.45) is 1.65. The van der Waals surface area contributed by atoms with Gasteiger partial charge in [-0.3, -0.25) is 0 Å². The number of hydrogen-bond donors (Lipinski definition) is 1. The lowest BCUT2D eigenvalue weighted by atomic mass is 10.2. The van der Waals surface area contributed by atoms with Crippen molar-refractivity contribution in [1.82, 2.24) is 9.97 Å². The van der Waals surface area contributed by atoms with E-state index >= 15 is 0 Å². The quantitative estimate of drug-likeness (QED) is 0.882. The van der Waals surface area contributed by atoms with Crippen LogP contribution in [0.4, 0.5) is 11.6 Å². The summed E-state index contributed by atoms with van der Waals surface area (Å²) >= 11 is 6.80. The third-order valence-electron chi connectivity index (χ3n) is 2.33. The summed E-state index contributed by atoms with van der Waals surface area (Å²) in [5.74, 6) is 0.990. The zero-order chi connectivity index (χ0) is 13.1. The van der Waals surface area contributed by atoms with Crippen LogP contribution in [0.2, 0.25) is 0 Å². The van der Waals surface area contributed by atoms with Crippen molar-refractivity contribution in [3.8, 4) is 5.88 Å². The Morgan fingerprint density at radius 2 is 2.00 bits per heavy atom. The molecule has 0 saturated carbocycles. The van der Waals surface area contributed by atoms with Crippen LogP contribution in [-0.4, -0.2) is 17.1 Å². The summed E-state index contributed by atoms with van der Waals surface area (Å²) in [7, 11) is 1.57. The van der Waals surface area contributed by atoms with Gasteiger partial charge in [0.05, 0.1) is 17.8 Å². The summed E-state index contributed by atoms with van der Waals surface area (Å²) in [6.45, 7) is 2.03. The maximum Gasteiger partial charge on any atom is 0.232 e. The molecule has 1 heterocycles. The molecule has 0 radical (unpaired) electrons. The van der Waals surface area contributed by atoms with Crippen LogP contribution in [0.15, 0.2) is 33.3 Å². The van der Waals surface area contributed by atoms with E-state index in [2.05, 4.69) is 47.1 Å². The molecule has 4 nitrogen and oxygen atoms in total. The van der Waals surface area contributed by atoms with E-state index in [-0.39, 0.29) is 0 Å². The fourth-order valence-corrected chi connectivity index (χ4v) is 2.09. The van der Waals surface area contributed by atoms with Crippen molar-refractivity contribution in [2.45, 2.75) is 6.92 Å². The molecule has 0 spiro atoms. The summed E-state index contributed by atoms with van der Waals surface area (Å²) < 4.78 is 6.88. The van der Waals surface area contributed by atoms with Crippen molar-refractivity contribution >= 4 is 43.5 Å². The van der Waals surface area contributed by atoms with Crippen LogP contribution in [0.5, 0.6) is 5.88 Å². The Labute approximate surface area is 122 Å². The molecule has 0 aliphatic rings. The van der Waals surface area contributed by atoms with Crippen molar-refractivity contribution in [2.24, 2.45) is 0 Å². The fourth-order valence-electron chi connectivity index (χ4n) is 1.35. The molecule has 6 heteroatoms. The number of aryl methyl sites for hydroxylation is 1. The maximum atomic E-state index is 5.12. The van der Waals surface area contributed by atoms with E-state index in [0.29, 0.717) is 11.8 Å². The molecule has 1 aromatic heterocycles. The van der Waals surface area contributed by atoms with E-state index in [9.17, 15) is 0 Å². The number of methoxy groups -OCH3 is 1. The first-order valence-corrected chi connectivity index (χ1v) is 6.78. The van der Waals surface area contributed by atoms with Gasteiger partial charge < -0.3 is 10.1 Å². The Morgan fingerprint density at radius 1 is 1.22 bits per heavy atom. The Bertz CT molecular complexity index is 575. The number of hydrogen-bond acceptors (Lipinski definition) is 4. The lowest BCUT2D eigenvalue weighted by Crippen LogP contribution is -1.99. The van der Waals surface area contributed by atoms with Crippen LogP contribution in [0.3, 0.4) is 0 Å². The summed E-state index contributed by atoms with van der Waals surface area (Å²) in [6, 6.07) is 5.97. The van der Waals surface area contributed by atoms with Crippen molar-refractivity contribution in [2.75, 3.05) is 12.4 Å². The van der Waals surface area contributed by atoms with Crippen LogP contribution in [0.25, 0.3) is 0 Å². The monoisotopic (exact) mass is 371 g/mol. The van der Waals surface area contributed by atoms with Crippen LogP contribution >= 0.6 is 31.9 Å². The van der Waals surface area contributed by atoms with Crippen LogP contribution in [0, 0.1) is 6.92 Å². The highest BCUT2D eigenvalue weighted by atomic mass is 79.9. The second-order valence-corrected chi connectivity index (χ2v) is 5.35. The molecular formula is C12H11Br2N3O. The highest BCUT2D eigenvalue weighted by Crippen LogP contribution is 2.25. The number of aromatic nitrogens is 2. The highest BCUT2D eigenvalue weighted by Gasteiger charge is 2.05. The summed E-state index contributed by atoms with van der Waals surface area (Å²) in [5, 5.41) is 3.12. The number of ether oxygens (including phenoxy) is 1. The summed E-state index contributed by atoms with van der Waals surface area (Å²) in [4.78, 5) is 8.40. The number of rotatable bonds is 3. The third kappa shape index (κ3) is 3.00. The highest BCUT2D eigenvalue weighted by molar-refractivity contribution is 9.10. The van der Waals surface area contributed by atoms with E-state index in [1.54, 1.807) is 13.3 Å². The normalized spacial score (nSPS) is 10.2. The third-order valence-corrected chi connectivity index (χ3v) is 3.73. The fraction of sp³-hybridized carbons (Fsp3) is 0.167. The van der Waals surface area contributed by atoms with Crippen molar-refractivity contribution < 1.29 is 4.74 Å². The Kier molecular flexibility index (Phi) is 4.19. The first-order chi connectivity index (χ1) is 8.60. The van der Waals surface area contributed by atoms with Gasteiger partial charge in [0.25, 0.3) is 0 Å². The number of benzene rings is 1. The van der Waals surface area contributed by atoms with Crippen LogP contribution in [-0.2, 0) is 0 Å². The van der Waals surface area contributed by atoms with Gasteiger partial charge in [-0.15, -0.1) is 0 Å². The van der Waals surface area contributed by atoms with Crippen molar-refractivity contribution in [3.63, 3.8) is 0 Å². The second kappa shape index (κ2) is 5.67. The number of nitrogens with one attached hydrogen (secondary N) is 1. The molecule has 1 N–H and O–H groups in total. The van der Waals surface area contributed by atoms with E-state index in [1.165, 1.54) is 5.56 Å². The molecule has 0 fully saturated rings. The number of anilines is 2. The lowest BCUT2D eigenvalue weighted by Gasteiger charge is -2.08. The molecule has 0 saturated heterocycles. The maximum absolute atomic E-state index is 5.12. The van der Waals surface area contributed by atoms with Gasteiger partial charge >= 0.3 is 0 Å². The molecule has 1 aromatic carbocycles. The van der Waals surface area contributed by atoms with E-state index < -0.39 is 0 Å². The van der Waals surface area contributed by atoms with Crippen molar-refractivity contribution in [3.05, 3.63) is 38.9 Å². The zero-order valence-corrected chi connectivity index (χ0v) is 13.0. The molecule has 0 aliphatic heterocycles. The van der Waals surface area contributed by atoms with Gasteiger partial charge in [0, 0.05) is 10.2 Å². The molecule has 18 heavy (non-hydrogen) atoms. The molecule has 0 unspecified atom stereocenters. The molecule has 2 aromatic rings. The van der Waals surface area contributed by atoms with E-state index in [1.807, 2.05) is 25.1 Å². The number of nitrogens with zero attached hydrogens (tertiary/aromatic N) is 2. The van der Waals surface area contributed by atoms with Gasteiger partial charge in [-0.05, 0) is 40.5 Å². The molecule has 94 valence electrons. The lowest BCUT2D eigenvalue weighted by molar-refractivity contribution is 0.394. The standard InChI is InChI=1S/C12H11Br2N3O/c1-7-3-4-8(5-9(7)13)16-12-15-6-10(14)11(17-12)18-2/h3-6H,1-2H3,(H,15,16,17). The second-order valence-electron chi connectivity index (χ2n) is 3.64. The first-order valence-electron chi connectivity index (χ1n) is 5.20. The van der Waals surface area contributed by atoms with Gasteiger partial charge in [0.15, 0.2) is 0 Å².